The summed E-state index contributed by atoms with van der Waals surface area (Å²) in [6.45, 7) is 7.81. The van der Waals surface area contributed by atoms with Crippen molar-refractivity contribution in [2.45, 2.75) is 52.9 Å². The number of hydrogen-bond acceptors (Lipinski definition) is 3. The van der Waals surface area contributed by atoms with Gasteiger partial charge in [0.1, 0.15) is 0 Å². The summed E-state index contributed by atoms with van der Waals surface area (Å²) in [4.78, 5) is 0. The van der Waals surface area contributed by atoms with Gasteiger partial charge in [-0.3, -0.25) is 0 Å². The quantitative estimate of drug-likeness (QED) is 0.404. The van der Waals surface area contributed by atoms with Gasteiger partial charge in [0.05, 0.1) is 13.2 Å². The number of ether oxygens (including phenoxy) is 3. The first-order valence-electron chi connectivity index (χ1n) is 5.69. The highest BCUT2D eigenvalue weighted by molar-refractivity contribution is 4.35. The van der Waals surface area contributed by atoms with Gasteiger partial charge in [-0.2, -0.15) is 0 Å². The maximum Gasteiger partial charge on any atom is 0.271 e. The van der Waals surface area contributed by atoms with E-state index in [2.05, 4.69) is 13.8 Å². The third-order valence-corrected chi connectivity index (χ3v) is 1.81. The first kappa shape index (κ1) is 13.9. The Kier molecular flexibility index (Phi) is 10.9. The maximum absolute atomic E-state index is 5.43. The number of hydrogen-bond donors (Lipinski definition) is 0. The maximum atomic E-state index is 5.43. The normalized spacial score (nSPS) is 11.1. The second kappa shape index (κ2) is 11.0. The average Bonchev–Trinajstić information content (AvgIpc) is 2.18. The van der Waals surface area contributed by atoms with Gasteiger partial charge in [0.25, 0.3) is 6.48 Å². The second-order valence-electron chi connectivity index (χ2n) is 3.19. The molecule has 0 rings (SSSR count). The Morgan fingerprint density at radius 3 is 1.64 bits per heavy atom. The van der Waals surface area contributed by atoms with E-state index in [9.17, 15) is 0 Å². The summed E-state index contributed by atoms with van der Waals surface area (Å²) in [5.74, 6) is 0. The molecule has 3 heteroatoms. The molecule has 0 radical (unpaired) electrons. The van der Waals surface area contributed by atoms with Crippen molar-refractivity contribution < 1.29 is 14.2 Å². The zero-order valence-corrected chi connectivity index (χ0v) is 9.75. The first-order valence-corrected chi connectivity index (χ1v) is 5.69. The predicted octanol–water partition coefficient (Wildman–Crippen LogP) is 2.94. The van der Waals surface area contributed by atoms with E-state index in [1.165, 1.54) is 0 Å². The molecule has 0 fully saturated rings. The van der Waals surface area contributed by atoms with Crippen LogP contribution in [-0.4, -0.2) is 26.3 Å². The molecule has 0 N–H and O–H groups in total. The van der Waals surface area contributed by atoms with Crippen molar-refractivity contribution in [1.29, 1.82) is 0 Å². The van der Waals surface area contributed by atoms with Crippen LogP contribution < -0.4 is 0 Å². The van der Waals surface area contributed by atoms with Crippen molar-refractivity contribution >= 4 is 0 Å². The molecule has 0 aliphatic rings. The fraction of sp³-hybridized carbons (Fsp3) is 1.00. The average molecular weight is 204 g/mol. The zero-order valence-electron chi connectivity index (χ0n) is 9.75. The molecule has 0 aliphatic heterocycles. The van der Waals surface area contributed by atoms with Crippen LogP contribution in [0.3, 0.4) is 0 Å². The largest absolute Gasteiger partial charge is 0.330 e. The summed E-state index contributed by atoms with van der Waals surface area (Å²) in [5, 5.41) is 0. The van der Waals surface area contributed by atoms with Gasteiger partial charge in [0.15, 0.2) is 0 Å². The van der Waals surface area contributed by atoms with E-state index in [0.29, 0.717) is 19.8 Å². The second-order valence-corrected chi connectivity index (χ2v) is 3.19. The molecule has 0 aromatic rings. The lowest BCUT2D eigenvalue weighted by atomic mass is 10.4. The molecule has 14 heavy (non-hydrogen) atoms. The van der Waals surface area contributed by atoms with E-state index < -0.39 is 6.48 Å². The SMILES string of the molecule is CCCCOC(OCC)OCCCC. The molecule has 0 aromatic heterocycles. The van der Waals surface area contributed by atoms with E-state index in [4.69, 9.17) is 14.2 Å². The molecular formula is C11H24O3. The summed E-state index contributed by atoms with van der Waals surface area (Å²) >= 11 is 0. The molecule has 0 aliphatic carbocycles. The van der Waals surface area contributed by atoms with Gasteiger partial charge in [-0.15, -0.1) is 0 Å². The van der Waals surface area contributed by atoms with Gasteiger partial charge >= 0.3 is 0 Å². The molecule has 0 unspecified atom stereocenters. The molecule has 0 amide bonds. The van der Waals surface area contributed by atoms with Crippen LogP contribution in [0, 0.1) is 0 Å². The Labute approximate surface area is 87.7 Å². The highest BCUT2D eigenvalue weighted by Gasteiger charge is 2.07. The minimum atomic E-state index is -0.460. The molecule has 0 spiro atoms. The zero-order chi connectivity index (χ0) is 10.6. The molecule has 0 saturated carbocycles. The molecule has 0 atom stereocenters. The van der Waals surface area contributed by atoms with Gasteiger partial charge in [-0.05, 0) is 19.8 Å². The fourth-order valence-electron chi connectivity index (χ4n) is 0.928. The monoisotopic (exact) mass is 204 g/mol. The summed E-state index contributed by atoms with van der Waals surface area (Å²) < 4.78 is 16.1. The van der Waals surface area contributed by atoms with Crippen LogP contribution in [-0.2, 0) is 14.2 Å². The summed E-state index contributed by atoms with van der Waals surface area (Å²) in [6.07, 6.45) is 4.38. The summed E-state index contributed by atoms with van der Waals surface area (Å²) in [5.41, 5.74) is 0. The number of rotatable bonds is 10. The van der Waals surface area contributed by atoms with Gasteiger partial charge in [-0.1, -0.05) is 26.7 Å². The minimum Gasteiger partial charge on any atom is -0.330 e. The molecule has 0 aromatic carbocycles. The summed E-state index contributed by atoms with van der Waals surface area (Å²) in [6, 6.07) is 0. The molecule has 0 heterocycles. The Balaban J connectivity index is 3.44. The van der Waals surface area contributed by atoms with Gasteiger partial charge < -0.3 is 14.2 Å². The van der Waals surface area contributed by atoms with Crippen LogP contribution in [0.4, 0.5) is 0 Å². The fourth-order valence-corrected chi connectivity index (χ4v) is 0.928. The molecule has 3 nitrogen and oxygen atoms in total. The van der Waals surface area contributed by atoms with Crippen molar-refractivity contribution in [2.24, 2.45) is 0 Å². The van der Waals surface area contributed by atoms with Crippen molar-refractivity contribution in [1.82, 2.24) is 0 Å². The van der Waals surface area contributed by atoms with E-state index in [1.54, 1.807) is 0 Å². The Morgan fingerprint density at radius 2 is 1.29 bits per heavy atom. The Bertz CT molecular complexity index is 96.7. The van der Waals surface area contributed by atoms with Crippen LogP contribution in [0.25, 0.3) is 0 Å². The lowest BCUT2D eigenvalue weighted by molar-refractivity contribution is -0.286. The lowest BCUT2D eigenvalue weighted by Gasteiger charge is -2.17. The van der Waals surface area contributed by atoms with Crippen LogP contribution in [0.5, 0.6) is 0 Å². The van der Waals surface area contributed by atoms with Gasteiger partial charge in [0.2, 0.25) is 0 Å². The Morgan fingerprint density at radius 1 is 0.786 bits per heavy atom. The number of unbranched alkanes of at least 4 members (excludes halogenated alkanes) is 2. The third kappa shape index (κ3) is 8.48. The highest BCUT2D eigenvalue weighted by Crippen LogP contribution is 2.01. The standard InChI is InChI=1S/C11H24O3/c1-4-7-9-13-11(12-6-3)14-10-8-5-2/h11H,4-10H2,1-3H3. The topological polar surface area (TPSA) is 27.7 Å². The van der Waals surface area contributed by atoms with E-state index in [-0.39, 0.29) is 0 Å². The minimum absolute atomic E-state index is 0.460. The molecule has 0 saturated heterocycles. The third-order valence-electron chi connectivity index (χ3n) is 1.81. The van der Waals surface area contributed by atoms with Crippen LogP contribution in [0.1, 0.15) is 46.5 Å². The van der Waals surface area contributed by atoms with Crippen molar-refractivity contribution in [2.75, 3.05) is 19.8 Å². The van der Waals surface area contributed by atoms with Crippen molar-refractivity contribution in [3.63, 3.8) is 0 Å². The van der Waals surface area contributed by atoms with E-state index in [1.807, 2.05) is 6.92 Å². The highest BCUT2D eigenvalue weighted by atomic mass is 16.8. The molecular weight excluding hydrogens is 180 g/mol. The van der Waals surface area contributed by atoms with E-state index in [0.717, 1.165) is 25.7 Å². The van der Waals surface area contributed by atoms with Crippen molar-refractivity contribution in [3.8, 4) is 0 Å². The molecule has 86 valence electrons. The van der Waals surface area contributed by atoms with Crippen LogP contribution >= 0.6 is 0 Å². The van der Waals surface area contributed by atoms with Crippen LogP contribution in [0.2, 0.25) is 0 Å². The predicted molar refractivity (Wildman–Crippen MR) is 57.1 cm³/mol. The molecule has 0 bridgehead atoms. The van der Waals surface area contributed by atoms with Gasteiger partial charge in [-0.25, -0.2) is 0 Å². The lowest BCUT2D eigenvalue weighted by Crippen LogP contribution is -2.22. The summed E-state index contributed by atoms with van der Waals surface area (Å²) in [7, 11) is 0. The van der Waals surface area contributed by atoms with Crippen molar-refractivity contribution in [3.05, 3.63) is 0 Å². The van der Waals surface area contributed by atoms with Crippen LogP contribution in [0.15, 0.2) is 0 Å². The van der Waals surface area contributed by atoms with E-state index >= 15 is 0 Å². The Hall–Kier alpha value is -0.120. The smallest absolute Gasteiger partial charge is 0.271 e. The first-order chi connectivity index (χ1) is 6.85. The van der Waals surface area contributed by atoms with Gasteiger partial charge in [0, 0.05) is 6.61 Å².